The van der Waals surface area contributed by atoms with Gasteiger partial charge in [0.2, 0.25) is 0 Å². The van der Waals surface area contributed by atoms with Gasteiger partial charge in [-0.05, 0) is 34.5 Å². The minimum atomic E-state index is 0.135. The van der Waals surface area contributed by atoms with Crippen molar-refractivity contribution in [1.82, 2.24) is 9.97 Å². The van der Waals surface area contributed by atoms with E-state index in [4.69, 9.17) is 5.73 Å². The van der Waals surface area contributed by atoms with Gasteiger partial charge in [0.05, 0.1) is 9.04 Å². The van der Waals surface area contributed by atoms with Gasteiger partial charge in [0, 0.05) is 23.3 Å². The van der Waals surface area contributed by atoms with E-state index in [-0.39, 0.29) is 11.3 Å². The van der Waals surface area contributed by atoms with Gasteiger partial charge in [-0.2, -0.15) is 0 Å². The lowest BCUT2D eigenvalue weighted by Gasteiger charge is -2.19. The zero-order chi connectivity index (χ0) is 12.3. The maximum Gasteiger partial charge on any atom is 0.165 e. The molecule has 2 unspecified atom stereocenters. The van der Waals surface area contributed by atoms with E-state index in [1.54, 1.807) is 29.3 Å². The van der Waals surface area contributed by atoms with Gasteiger partial charge < -0.3 is 10.7 Å². The Bertz CT molecular complexity index is 455. The molecule has 2 rings (SSSR count). The molecule has 2 atom stereocenters. The van der Waals surface area contributed by atoms with Crippen molar-refractivity contribution in [3.05, 3.63) is 33.2 Å². The summed E-state index contributed by atoms with van der Waals surface area (Å²) in [6, 6.07) is 4.33. The van der Waals surface area contributed by atoms with Crippen molar-refractivity contribution in [1.29, 1.82) is 0 Å². The molecule has 2 heterocycles. The Labute approximate surface area is 117 Å². The number of hydrogen-bond donors (Lipinski definition) is 2. The molecule has 3 N–H and O–H groups in total. The number of rotatable bonds is 5. The molecule has 0 bridgehead atoms. The molecule has 0 saturated heterocycles. The van der Waals surface area contributed by atoms with E-state index in [1.165, 1.54) is 4.88 Å². The van der Waals surface area contributed by atoms with Crippen LogP contribution in [0.25, 0.3) is 0 Å². The second-order valence-corrected chi connectivity index (χ2v) is 7.27. The third kappa shape index (κ3) is 3.34. The van der Waals surface area contributed by atoms with Crippen LogP contribution in [0, 0.1) is 0 Å². The fraction of sp³-hybridized carbons (Fsp3) is 0.364. The van der Waals surface area contributed by atoms with E-state index in [0.717, 1.165) is 15.4 Å². The Hall–Kier alpha value is -0.300. The molecule has 3 nitrogen and oxygen atoms in total. The Kier molecular flexibility index (Phi) is 4.67. The van der Waals surface area contributed by atoms with Gasteiger partial charge >= 0.3 is 0 Å². The highest BCUT2D eigenvalue weighted by molar-refractivity contribution is 9.11. The summed E-state index contributed by atoms with van der Waals surface area (Å²) in [5, 5.41) is 1.17. The Balaban J connectivity index is 2.19. The monoisotopic (exact) mass is 331 g/mol. The molecular formula is C11H14BrN3S2. The predicted octanol–water partition coefficient (Wildman–Crippen LogP) is 3.80. The molecule has 0 aliphatic rings. The first-order valence-electron chi connectivity index (χ1n) is 5.37. The number of nitrogens with zero attached hydrogens (tertiary/aromatic N) is 1. The van der Waals surface area contributed by atoms with Crippen LogP contribution in [0.2, 0.25) is 0 Å². The summed E-state index contributed by atoms with van der Waals surface area (Å²) < 4.78 is 1.14. The molecule has 2 aromatic heterocycles. The SMILES string of the molecule is CCC(N)C(Sc1ncc[nH]1)c1ccc(Br)s1. The van der Waals surface area contributed by atoms with Crippen molar-refractivity contribution in [2.24, 2.45) is 5.73 Å². The first kappa shape index (κ1) is 13.1. The van der Waals surface area contributed by atoms with Gasteiger partial charge in [-0.25, -0.2) is 4.98 Å². The van der Waals surface area contributed by atoms with E-state index < -0.39 is 0 Å². The molecule has 0 aliphatic heterocycles. The van der Waals surface area contributed by atoms with Crippen molar-refractivity contribution in [2.75, 3.05) is 0 Å². The van der Waals surface area contributed by atoms with Crippen molar-refractivity contribution in [3.8, 4) is 0 Å². The molecule has 0 amide bonds. The van der Waals surface area contributed by atoms with Crippen LogP contribution < -0.4 is 5.73 Å². The molecule has 0 fully saturated rings. The summed E-state index contributed by atoms with van der Waals surface area (Å²) in [4.78, 5) is 8.65. The van der Waals surface area contributed by atoms with Crippen molar-refractivity contribution < 1.29 is 0 Å². The van der Waals surface area contributed by atoms with Crippen LogP contribution in [0.4, 0.5) is 0 Å². The molecule has 0 radical (unpaired) electrons. The largest absolute Gasteiger partial charge is 0.340 e. The summed E-state index contributed by atoms with van der Waals surface area (Å²) in [6.45, 7) is 2.11. The van der Waals surface area contributed by atoms with Crippen molar-refractivity contribution in [3.63, 3.8) is 0 Å². The van der Waals surface area contributed by atoms with E-state index in [0.29, 0.717) is 0 Å². The molecule has 0 spiro atoms. The van der Waals surface area contributed by atoms with Gasteiger partial charge in [-0.15, -0.1) is 11.3 Å². The number of aromatic nitrogens is 2. The number of hydrogen-bond acceptors (Lipinski definition) is 4. The van der Waals surface area contributed by atoms with E-state index in [9.17, 15) is 0 Å². The Morgan fingerprint density at radius 3 is 2.94 bits per heavy atom. The van der Waals surface area contributed by atoms with Crippen LogP contribution in [0.5, 0.6) is 0 Å². The zero-order valence-corrected chi connectivity index (χ0v) is 12.6. The quantitative estimate of drug-likeness (QED) is 0.819. The molecular weight excluding hydrogens is 318 g/mol. The van der Waals surface area contributed by atoms with Gasteiger partial charge in [-0.3, -0.25) is 0 Å². The number of aromatic amines is 1. The smallest absolute Gasteiger partial charge is 0.165 e. The molecule has 0 saturated carbocycles. The molecule has 92 valence electrons. The highest BCUT2D eigenvalue weighted by Crippen LogP contribution is 2.40. The molecule has 2 aromatic rings. The summed E-state index contributed by atoms with van der Waals surface area (Å²) in [7, 11) is 0. The molecule has 17 heavy (non-hydrogen) atoms. The summed E-state index contributed by atoms with van der Waals surface area (Å²) in [6.07, 6.45) is 4.55. The lowest BCUT2D eigenvalue weighted by atomic mass is 10.1. The fourth-order valence-electron chi connectivity index (χ4n) is 1.49. The number of halogens is 1. The minimum Gasteiger partial charge on any atom is -0.340 e. The van der Waals surface area contributed by atoms with Gasteiger partial charge in [0.25, 0.3) is 0 Å². The number of thioether (sulfide) groups is 1. The number of nitrogens with one attached hydrogen (secondary N) is 1. The van der Waals surface area contributed by atoms with Gasteiger partial charge in [-0.1, -0.05) is 18.7 Å². The standard InChI is InChI=1S/C11H14BrN3S2/c1-2-7(13)10(8-3-4-9(12)16-8)17-11-14-5-6-15-11/h3-7,10H,2,13H2,1H3,(H,14,15). The van der Waals surface area contributed by atoms with Crippen LogP contribution >= 0.6 is 39.0 Å². The highest BCUT2D eigenvalue weighted by Gasteiger charge is 2.22. The van der Waals surface area contributed by atoms with Gasteiger partial charge in [0.15, 0.2) is 5.16 Å². The summed E-state index contributed by atoms with van der Waals surface area (Å²) in [5.41, 5.74) is 6.20. The van der Waals surface area contributed by atoms with Crippen molar-refractivity contribution in [2.45, 2.75) is 29.8 Å². The zero-order valence-electron chi connectivity index (χ0n) is 9.39. The van der Waals surface area contributed by atoms with Crippen LogP contribution in [-0.2, 0) is 0 Å². The molecule has 0 aliphatic carbocycles. The van der Waals surface area contributed by atoms with Crippen molar-refractivity contribution >= 4 is 39.0 Å². The first-order chi connectivity index (χ1) is 8.20. The molecule has 0 aromatic carbocycles. The van der Waals surface area contributed by atoms with Crippen LogP contribution in [0.15, 0.2) is 33.5 Å². The number of nitrogens with two attached hydrogens (primary N) is 1. The molecule has 6 heteroatoms. The van der Waals surface area contributed by atoms with Crippen LogP contribution in [-0.4, -0.2) is 16.0 Å². The van der Waals surface area contributed by atoms with E-state index >= 15 is 0 Å². The minimum absolute atomic E-state index is 0.135. The first-order valence-corrected chi connectivity index (χ1v) is 7.86. The second kappa shape index (κ2) is 6.04. The Morgan fingerprint density at radius 2 is 2.41 bits per heavy atom. The average Bonchev–Trinajstić information content (AvgIpc) is 2.96. The number of imidazole rings is 1. The third-order valence-electron chi connectivity index (χ3n) is 2.45. The number of thiophene rings is 1. The second-order valence-electron chi connectivity index (χ2n) is 3.65. The lowest BCUT2D eigenvalue weighted by molar-refractivity contribution is 0.638. The van der Waals surface area contributed by atoms with Crippen LogP contribution in [0.1, 0.15) is 23.5 Å². The van der Waals surface area contributed by atoms with Gasteiger partial charge in [0.1, 0.15) is 0 Å². The maximum absolute atomic E-state index is 6.20. The fourth-order valence-corrected chi connectivity index (χ4v) is 4.32. The number of H-pyrrole nitrogens is 1. The normalized spacial score (nSPS) is 14.8. The Morgan fingerprint density at radius 1 is 1.59 bits per heavy atom. The summed E-state index contributed by atoms with van der Waals surface area (Å²) >= 11 is 6.92. The maximum atomic E-state index is 6.20. The highest BCUT2D eigenvalue weighted by atomic mass is 79.9. The average molecular weight is 332 g/mol. The summed E-state index contributed by atoms with van der Waals surface area (Å²) in [5.74, 6) is 0. The third-order valence-corrected chi connectivity index (χ3v) is 5.61. The predicted molar refractivity (Wildman–Crippen MR) is 77.5 cm³/mol. The lowest BCUT2D eigenvalue weighted by Crippen LogP contribution is -2.25. The topological polar surface area (TPSA) is 54.7 Å². The van der Waals surface area contributed by atoms with Crippen LogP contribution in [0.3, 0.4) is 0 Å². The van der Waals surface area contributed by atoms with E-state index in [2.05, 4.69) is 45.0 Å². The van der Waals surface area contributed by atoms with E-state index in [1.807, 2.05) is 6.20 Å².